The summed E-state index contributed by atoms with van der Waals surface area (Å²) < 4.78 is 4.84. The van der Waals surface area contributed by atoms with E-state index in [1.807, 2.05) is 30.3 Å². The number of amidine groups is 1. The van der Waals surface area contributed by atoms with Gasteiger partial charge >= 0.3 is 0 Å². The van der Waals surface area contributed by atoms with Crippen molar-refractivity contribution >= 4 is 73.6 Å². The maximum absolute atomic E-state index is 6.81. The number of rotatable bonds is 15. The first-order valence-electron chi connectivity index (χ1n) is 24.0. The molecule has 6 nitrogen and oxygen atoms in total. The molecule has 0 amide bonds. The van der Waals surface area contributed by atoms with Crippen LogP contribution in [0.25, 0.3) is 32.7 Å². The zero-order valence-corrected chi connectivity index (χ0v) is 42.8. The van der Waals surface area contributed by atoms with Crippen molar-refractivity contribution < 1.29 is 4.74 Å². The molecule has 6 aromatic carbocycles. The zero-order chi connectivity index (χ0) is 48.4. The number of allylic oxidation sites excluding steroid dienone is 8. The van der Waals surface area contributed by atoms with E-state index in [0.29, 0.717) is 5.17 Å². The zero-order valence-electron chi connectivity index (χ0n) is 41.1. The number of hydrogen-bond acceptors (Lipinski definition) is 7. The van der Waals surface area contributed by atoms with Crippen molar-refractivity contribution in [1.29, 1.82) is 0 Å². The highest BCUT2D eigenvalue weighted by atomic mass is 32.2. The Balaban J connectivity index is 0.000000908. The lowest BCUT2D eigenvalue weighted by Gasteiger charge is -2.30. The fraction of sp³-hybridized carbons (Fsp3) is 0.283. The highest BCUT2D eigenvalue weighted by Gasteiger charge is 2.41. The van der Waals surface area contributed by atoms with Crippen LogP contribution in [-0.2, 0) is 15.6 Å². The number of anilines is 2. The van der Waals surface area contributed by atoms with Crippen LogP contribution in [0.15, 0.2) is 180 Å². The maximum Gasteiger partial charge on any atom is 0.206 e. The molecule has 68 heavy (non-hydrogen) atoms. The Morgan fingerprint density at radius 3 is 2.16 bits per heavy atom. The van der Waals surface area contributed by atoms with Gasteiger partial charge in [-0.15, -0.1) is 0 Å². The number of thiol groups is 1. The van der Waals surface area contributed by atoms with Gasteiger partial charge in [0, 0.05) is 47.4 Å². The largest absolute Gasteiger partial charge is 0.385 e. The van der Waals surface area contributed by atoms with Gasteiger partial charge in [0.15, 0.2) is 0 Å². The first-order chi connectivity index (χ1) is 32.9. The number of aryl methyl sites for hydroxylation is 1. The number of hydrazine groups is 1. The fourth-order valence-corrected chi connectivity index (χ4v) is 11.0. The van der Waals surface area contributed by atoms with Crippen LogP contribution < -0.4 is 21.6 Å². The average Bonchev–Trinajstić information content (AvgIpc) is 3.77. The molecule has 0 unspecified atom stereocenters. The molecule has 1 aliphatic heterocycles. The smallest absolute Gasteiger partial charge is 0.206 e. The molecule has 2 aliphatic rings. The summed E-state index contributed by atoms with van der Waals surface area (Å²) in [5.74, 6) is 13.9. The van der Waals surface area contributed by atoms with Crippen molar-refractivity contribution in [2.24, 2.45) is 16.8 Å². The molecule has 4 N–H and O–H groups in total. The quantitative estimate of drug-likeness (QED) is 0.0181. The standard InChI is InChI=1S/C54H55N5S2.C6H14O/c1-36-26-28-38-18-10-12-22-41(38)49(36)53(3,4)37(2)27-30-45-43-24-14-15-25-44(43)46(51(45)61-52(57-55)59(56)40-20-8-7-9-21-40)31-33-48-54(5,6)50-42-23-13-11-19-39(42)29-32-47(50)58(48)34-16-17-35-60;1-3-4-5-6-7-2/h7-15,18-33,60H,2,16-17,34-35,55-56H2,1,3-6H3;3-6H2,1-2H3/b30-27+,46-31+,48-33+,57-52+;. The minimum absolute atomic E-state index is 0.263. The number of unbranched alkanes of at least 4 members (excludes halogenated alkanes) is 3. The third kappa shape index (κ3) is 10.4. The third-order valence-corrected chi connectivity index (χ3v) is 14.9. The molecule has 0 saturated heterocycles. The van der Waals surface area contributed by atoms with Gasteiger partial charge in [0.2, 0.25) is 5.17 Å². The normalized spacial score (nSPS) is 15.7. The third-order valence-electron chi connectivity index (χ3n) is 13.5. The van der Waals surface area contributed by atoms with Gasteiger partial charge in [-0.3, -0.25) is 5.01 Å². The van der Waals surface area contributed by atoms with Crippen molar-refractivity contribution in [3.05, 3.63) is 202 Å². The highest BCUT2D eigenvalue weighted by Crippen LogP contribution is 2.53. The molecule has 0 radical (unpaired) electrons. The minimum atomic E-state index is -0.356. The lowest BCUT2D eigenvalue weighted by molar-refractivity contribution is 0.192. The number of nitrogens with zero attached hydrogens (tertiary/aromatic N) is 3. The van der Waals surface area contributed by atoms with Crippen molar-refractivity contribution in [1.82, 2.24) is 0 Å². The molecule has 8 heteroatoms. The summed E-state index contributed by atoms with van der Waals surface area (Å²) in [6.45, 7) is 20.2. The summed E-state index contributed by atoms with van der Waals surface area (Å²) in [4.78, 5) is 3.54. The summed E-state index contributed by atoms with van der Waals surface area (Å²) in [6, 6.07) is 44.8. The fourth-order valence-electron chi connectivity index (χ4n) is 9.79. The predicted octanol–water partition coefficient (Wildman–Crippen LogP) is 15.1. The van der Waals surface area contributed by atoms with E-state index in [-0.39, 0.29) is 10.8 Å². The molecule has 0 atom stereocenters. The van der Waals surface area contributed by atoms with E-state index in [2.05, 4.69) is 186 Å². The van der Waals surface area contributed by atoms with E-state index in [1.165, 1.54) is 80.6 Å². The first kappa shape index (κ1) is 50.1. The number of para-hydroxylation sites is 1. The van der Waals surface area contributed by atoms with Crippen LogP contribution in [0.5, 0.6) is 0 Å². The summed E-state index contributed by atoms with van der Waals surface area (Å²) in [5, 5.41) is 11.4. The number of fused-ring (bicyclic) bond motifs is 5. The summed E-state index contributed by atoms with van der Waals surface area (Å²) in [5.41, 5.74) is 12.0. The van der Waals surface area contributed by atoms with Crippen LogP contribution in [0.4, 0.5) is 11.4 Å². The van der Waals surface area contributed by atoms with Crippen molar-refractivity contribution in [2.75, 3.05) is 35.9 Å². The van der Waals surface area contributed by atoms with Crippen LogP contribution in [0.2, 0.25) is 0 Å². The second-order valence-electron chi connectivity index (χ2n) is 18.7. The topological polar surface area (TPSA) is 80.1 Å². The second-order valence-corrected chi connectivity index (χ2v) is 20.1. The van der Waals surface area contributed by atoms with Crippen molar-refractivity contribution in [3.63, 3.8) is 0 Å². The van der Waals surface area contributed by atoms with Gasteiger partial charge in [-0.2, -0.15) is 17.7 Å². The summed E-state index contributed by atoms with van der Waals surface area (Å²) >= 11 is 6.05. The predicted molar refractivity (Wildman–Crippen MR) is 301 cm³/mol. The Morgan fingerprint density at radius 2 is 1.47 bits per heavy atom. The van der Waals surface area contributed by atoms with Crippen LogP contribution in [0.3, 0.4) is 0 Å². The number of benzene rings is 6. The molecule has 0 bridgehead atoms. The van der Waals surface area contributed by atoms with Gasteiger partial charge in [-0.25, -0.2) is 5.84 Å². The van der Waals surface area contributed by atoms with E-state index >= 15 is 0 Å². The van der Waals surface area contributed by atoms with Gasteiger partial charge in [-0.1, -0.05) is 181 Å². The van der Waals surface area contributed by atoms with E-state index in [4.69, 9.17) is 23.0 Å². The molecule has 6 aromatic rings. The Hall–Kier alpha value is -5.77. The number of nitrogens with two attached hydrogens (primary N) is 2. The average molecular weight is 940 g/mol. The lowest BCUT2D eigenvalue weighted by Crippen LogP contribution is -2.36. The molecule has 1 heterocycles. The number of hydrogen-bond donors (Lipinski definition) is 3. The molecular formula is C60H69N5OS2. The Bertz CT molecular complexity index is 2900. The van der Waals surface area contributed by atoms with Crippen LogP contribution in [0, 0.1) is 6.92 Å². The van der Waals surface area contributed by atoms with Gasteiger partial charge in [0.25, 0.3) is 0 Å². The van der Waals surface area contributed by atoms with Gasteiger partial charge in [0.1, 0.15) is 0 Å². The number of methoxy groups -OCH3 is 1. The second kappa shape index (κ2) is 22.6. The number of ether oxygens (including phenoxy) is 1. The minimum Gasteiger partial charge on any atom is -0.385 e. The highest BCUT2D eigenvalue weighted by molar-refractivity contribution is 8.18. The Labute approximate surface area is 415 Å². The van der Waals surface area contributed by atoms with E-state index < -0.39 is 0 Å². The molecule has 0 fully saturated rings. The molecule has 8 rings (SSSR count). The van der Waals surface area contributed by atoms with Crippen LogP contribution >= 0.6 is 24.4 Å². The van der Waals surface area contributed by atoms with Crippen LogP contribution in [-0.4, -0.2) is 31.2 Å². The molecule has 0 saturated carbocycles. The Morgan fingerprint density at radius 1 is 0.824 bits per heavy atom. The van der Waals surface area contributed by atoms with Crippen molar-refractivity contribution in [2.45, 2.75) is 84.5 Å². The van der Waals surface area contributed by atoms with E-state index in [0.717, 1.165) is 70.2 Å². The molecule has 1 aliphatic carbocycles. The number of thioether (sulfide) groups is 1. The monoisotopic (exact) mass is 939 g/mol. The molecular weight excluding hydrogens is 871 g/mol. The summed E-state index contributed by atoms with van der Waals surface area (Å²) in [6.07, 6.45) is 14.9. The summed E-state index contributed by atoms with van der Waals surface area (Å²) in [7, 11) is 1.75. The van der Waals surface area contributed by atoms with Gasteiger partial charge < -0.3 is 15.5 Å². The Kier molecular flexibility index (Phi) is 16.6. The first-order valence-corrected chi connectivity index (χ1v) is 25.4. The van der Waals surface area contributed by atoms with Gasteiger partial charge in [0.05, 0.1) is 5.69 Å². The lowest BCUT2D eigenvalue weighted by atomic mass is 9.74. The maximum atomic E-state index is 6.81. The van der Waals surface area contributed by atoms with E-state index in [1.54, 1.807) is 12.1 Å². The van der Waals surface area contributed by atoms with E-state index in [9.17, 15) is 0 Å². The molecule has 0 spiro atoms. The van der Waals surface area contributed by atoms with Crippen LogP contribution in [0.1, 0.15) is 94.5 Å². The molecule has 352 valence electrons. The number of hydrazone groups is 1. The van der Waals surface area contributed by atoms with Gasteiger partial charge in [-0.05, 0) is 134 Å². The van der Waals surface area contributed by atoms with Crippen molar-refractivity contribution in [3.8, 4) is 0 Å². The molecule has 0 aromatic heterocycles. The SMILES string of the molecule is C=C(/C=C/C1=C(S/C(=N/N)N(N)c2ccccc2)/C(=C/C=C2/N(CCCCS)c3ccc4ccccc4c3C2(C)C)c2ccccc21)C(C)(C)c1c(C)ccc2ccccc12.CCCCCOC.